The second-order valence-electron chi connectivity index (χ2n) is 4.75. The van der Waals surface area contributed by atoms with Crippen molar-refractivity contribution >= 4 is 17.4 Å². The van der Waals surface area contributed by atoms with Crippen LogP contribution in [0.2, 0.25) is 0 Å². The number of carbonyl (C=O) groups is 1. The maximum atomic E-state index is 11.2. The van der Waals surface area contributed by atoms with Gasteiger partial charge in [-0.15, -0.1) is 0 Å². The lowest BCUT2D eigenvalue weighted by Gasteiger charge is -2.07. The molecule has 2 rings (SSSR count). The van der Waals surface area contributed by atoms with E-state index in [0.29, 0.717) is 0 Å². The molecule has 0 atom stereocenters. The number of nitrogens with zero attached hydrogens (tertiary/aromatic N) is 2. The van der Waals surface area contributed by atoms with E-state index >= 15 is 0 Å². The van der Waals surface area contributed by atoms with Gasteiger partial charge in [-0.25, -0.2) is 4.79 Å². The molecule has 0 aliphatic rings. The molecular formula is C15H21N5O. The first kappa shape index (κ1) is 14.9. The molecule has 0 saturated carbocycles. The van der Waals surface area contributed by atoms with Crippen molar-refractivity contribution in [2.45, 2.75) is 26.4 Å². The molecule has 0 fully saturated rings. The van der Waals surface area contributed by atoms with E-state index < -0.39 is 0 Å². The predicted molar refractivity (Wildman–Crippen MR) is 84.4 cm³/mol. The minimum Gasteiger partial charge on any atom is -0.381 e. The van der Waals surface area contributed by atoms with Crippen LogP contribution in [0.3, 0.4) is 0 Å². The van der Waals surface area contributed by atoms with Crippen molar-refractivity contribution in [3.63, 3.8) is 0 Å². The normalized spacial score (nSPS) is 10.2. The Balaban J connectivity index is 1.86. The predicted octanol–water partition coefficient (Wildman–Crippen LogP) is 2.66. The highest BCUT2D eigenvalue weighted by Gasteiger charge is 2.00. The van der Waals surface area contributed by atoms with Crippen LogP contribution in [0.25, 0.3) is 0 Å². The lowest BCUT2D eigenvalue weighted by molar-refractivity contribution is 0.254. The highest BCUT2D eigenvalue weighted by Crippen LogP contribution is 2.14. The van der Waals surface area contributed by atoms with Crippen LogP contribution in [0.5, 0.6) is 0 Å². The Labute approximate surface area is 124 Å². The summed E-state index contributed by atoms with van der Waals surface area (Å²) in [6, 6.07) is 7.36. The second kappa shape index (κ2) is 7.33. The fourth-order valence-electron chi connectivity index (χ4n) is 1.92. The smallest absolute Gasteiger partial charge is 0.318 e. The van der Waals surface area contributed by atoms with Crippen molar-refractivity contribution in [2.75, 3.05) is 17.7 Å². The van der Waals surface area contributed by atoms with E-state index in [1.165, 1.54) is 0 Å². The van der Waals surface area contributed by atoms with Gasteiger partial charge in [0.05, 0.1) is 6.20 Å². The molecular weight excluding hydrogens is 266 g/mol. The number of benzene rings is 1. The van der Waals surface area contributed by atoms with Gasteiger partial charge in [-0.1, -0.05) is 6.92 Å². The molecule has 0 bridgehead atoms. The third kappa shape index (κ3) is 4.52. The monoisotopic (exact) mass is 287 g/mol. The van der Waals surface area contributed by atoms with Crippen molar-refractivity contribution < 1.29 is 4.79 Å². The molecule has 1 aromatic carbocycles. The Hall–Kier alpha value is -2.50. The lowest BCUT2D eigenvalue weighted by atomic mass is 10.2. The molecule has 0 spiro atoms. The molecule has 2 aromatic rings. The molecule has 6 heteroatoms. The van der Waals surface area contributed by atoms with Crippen LogP contribution in [0.4, 0.5) is 16.2 Å². The van der Waals surface area contributed by atoms with Crippen molar-refractivity contribution in [3.05, 3.63) is 42.2 Å². The molecule has 0 aliphatic carbocycles. The quantitative estimate of drug-likeness (QED) is 0.765. The first-order valence-electron chi connectivity index (χ1n) is 7.05. The average molecular weight is 287 g/mol. The van der Waals surface area contributed by atoms with E-state index in [9.17, 15) is 4.79 Å². The molecule has 2 amide bonds. The number of rotatable bonds is 6. The maximum Gasteiger partial charge on any atom is 0.318 e. The summed E-state index contributed by atoms with van der Waals surface area (Å²) in [5.74, 6) is 0. The number of hydrogen-bond acceptors (Lipinski definition) is 3. The van der Waals surface area contributed by atoms with Crippen LogP contribution >= 0.6 is 0 Å². The Bertz CT molecular complexity index is 576. The third-order valence-corrected chi connectivity index (χ3v) is 3.01. The van der Waals surface area contributed by atoms with Crippen molar-refractivity contribution in [3.8, 4) is 0 Å². The standard InChI is InChI=1S/C15H21N5O/c1-3-8-20-11-12(10-18-20)9-17-13-4-6-14(7-5-13)19-15(21)16-2/h4-7,10-11,17H,3,8-9H2,1-2H3,(H2,16,19,21). The van der Waals surface area contributed by atoms with Gasteiger partial charge in [0.25, 0.3) is 0 Å². The summed E-state index contributed by atoms with van der Waals surface area (Å²) in [7, 11) is 1.59. The number of aryl methyl sites for hydroxylation is 1. The van der Waals surface area contributed by atoms with Crippen LogP contribution in [0.15, 0.2) is 36.7 Å². The summed E-state index contributed by atoms with van der Waals surface area (Å²) < 4.78 is 1.95. The second-order valence-corrected chi connectivity index (χ2v) is 4.75. The molecule has 1 aromatic heterocycles. The van der Waals surface area contributed by atoms with Gasteiger partial charge in [0, 0.05) is 43.3 Å². The van der Waals surface area contributed by atoms with E-state index in [4.69, 9.17) is 0 Å². The maximum absolute atomic E-state index is 11.2. The first-order chi connectivity index (χ1) is 10.2. The molecule has 1 heterocycles. The summed E-state index contributed by atoms with van der Waals surface area (Å²) in [5.41, 5.74) is 2.91. The zero-order chi connectivity index (χ0) is 15.1. The van der Waals surface area contributed by atoms with Crippen molar-refractivity contribution in [1.29, 1.82) is 0 Å². The van der Waals surface area contributed by atoms with Crippen LogP contribution in [-0.2, 0) is 13.1 Å². The Morgan fingerprint density at radius 1 is 1.24 bits per heavy atom. The fourth-order valence-corrected chi connectivity index (χ4v) is 1.92. The summed E-state index contributed by atoms with van der Waals surface area (Å²) in [4.78, 5) is 11.2. The molecule has 21 heavy (non-hydrogen) atoms. The van der Waals surface area contributed by atoms with Crippen LogP contribution < -0.4 is 16.0 Å². The molecule has 112 valence electrons. The van der Waals surface area contributed by atoms with Gasteiger partial charge in [-0.3, -0.25) is 4.68 Å². The topological polar surface area (TPSA) is 71.0 Å². The summed E-state index contributed by atoms with van der Waals surface area (Å²) in [6.45, 7) is 3.81. The summed E-state index contributed by atoms with van der Waals surface area (Å²) in [5, 5.41) is 12.9. The third-order valence-electron chi connectivity index (χ3n) is 3.01. The number of hydrogen-bond donors (Lipinski definition) is 3. The van der Waals surface area contributed by atoms with E-state index in [2.05, 4.69) is 34.2 Å². The highest BCUT2D eigenvalue weighted by molar-refractivity contribution is 5.89. The molecule has 0 aliphatic heterocycles. The highest BCUT2D eigenvalue weighted by atomic mass is 16.2. The van der Waals surface area contributed by atoms with E-state index in [1.54, 1.807) is 7.05 Å². The van der Waals surface area contributed by atoms with Crippen LogP contribution in [0.1, 0.15) is 18.9 Å². The Morgan fingerprint density at radius 3 is 2.62 bits per heavy atom. The number of nitrogens with one attached hydrogen (secondary N) is 3. The summed E-state index contributed by atoms with van der Waals surface area (Å²) in [6.07, 6.45) is 5.01. The van der Waals surface area contributed by atoms with Gasteiger partial charge in [0.15, 0.2) is 0 Å². The van der Waals surface area contributed by atoms with E-state index in [0.717, 1.165) is 36.4 Å². The molecule has 0 radical (unpaired) electrons. The van der Waals surface area contributed by atoms with Gasteiger partial charge in [0.2, 0.25) is 0 Å². The van der Waals surface area contributed by atoms with Crippen molar-refractivity contribution in [1.82, 2.24) is 15.1 Å². The minimum atomic E-state index is -0.223. The number of urea groups is 1. The average Bonchev–Trinajstić information content (AvgIpc) is 2.94. The molecule has 0 saturated heterocycles. The Morgan fingerprint density at radius 2 is 1.95 bits per heavy atom. The number of amides is 2. The van der Waals surface area contributed by atoms with Gasteiger partial charge in [-0.2, -0.15) is 5.10 Å². The molecule has 3 N–H and O–H groups in total. The number of anilines is 2. The van der Waals surface area contributed by atoms with Gasteiger partial charge < -0.3 is 16.0 Å². The fraction of sp³-hybridized carbons (Fsp3) is 0.333. The zero-order valence-electron chi connectivity index (χ0n) is 12.4. The van der Waals surface area contributed by atoms with Crippen LogP contribution in [0, 0.1) is 0 Å². The van der Waals surface area contributed by atoms with Crippen molar-refractivity contribution in [2.24, 2.45) is 0 Å². The molecule has 6 nitrogen and oxygen atoms in total. The number of carbonyl (C=O) groups excluding carboxylic acids is 1. The van der Waals surface area contributed by atoms with Crippen LogP contribution in [-0.4, -0.2) is 22.9 Å². The largest absolute Gasteiger partial charge is 0.381 e. The van der Waals surface area contributed by atoms with E-state index in [1.807, 2.05) is 35.1 Å². The number of aromatic nitrogens is 2. The minimum absolute atomic E-state index is 0.223. The molecule has 0 unspecified atom stereocenters. The Kier molecular flexibility index (Phi) is 5.20. The summed E-state index contributed by atoms with van der Waals surface area (Å²) >= 11 is 0. The lowest BCUT2D eigenvalue weighted by Crippen LogP contribution is -2.24. The van der Waals surface area contributed by atoms with Gasteiger partial charge in [-0.05, 0) is 30.7 Å². The first-order valence-corrected chi connectivity index (χ1v) is 7.05. The van der Waals surface area contributed by atoms with Gasteiger partial charge >= 0.3 is 6.03 Å². The SMILES string of the molecule is CCCn1cc(CNc2ccc(NC(=O)NC)cc2)cn1. The zero-order valence-corrected chi connectivity index (χ0v) is 12.4. The van der Waals surface area contributed by atoms with Gasteiger partial charge in [0.1, 0.15) is 0 Å². The van der Waals surface area contributed by atoms with E-state index in [-0.39, 0.29) is 6.03 Å².